The van der Waals surface area contributed by atoms with Crippen LogP contribution in [0.15, 0.2) is 35.4 Å². The van der Waals surface area contributed by atoms with E-state index in [4.69, 9.17) is 5.26 Å². The Morgan fingerprint density at radius 1 is 1.32 bits per heavy atom. The van der Waals surface area contributed by atoms with Gasteiger partial charge in [-0.05, 0) is 37.6 Å². The average Bonchev–Trinajstić information content (AvgIpc) is 2.64. The number of carbonyl (C=O) groups excluding carboxylic acids is 1. The van der Waals surface area contributed by atoms with Crippen LogP contribution < -0.4 is 0 Å². The summed E-state index contributed by atoms with van der Waals surface area (Å²) in [6.07, 6.45) is -4.69. The summed E-state index contributed by atoms with van der Waals surface area (Å²) >= 11 is 0.783. The molecule has 1 amide bonds. The molecule has 0 aliphatic carbocycles. The van der Waals surface area contributed by atoms with Crippen LogP contribution in [0.4, 0.5) is 17.6 Å². The number of nitrogens with zero attached hydrogens (tertiary/aromatic N) is 3. The summed E-state index contributed by atoms with van der Waals surface area (Å²) in [7, 11) is 1.55. The zero-order chi connectivity index (χ0) is 21.1. The predicted octanol–water partition coefficient (Wildman–Crippen LogP) is 4.73. The minimum Gasteiger partial charge on any atom is -0.338 e. The fourth-order valence-electron chi connectivity index (χ4n) is 2.49. The van der Waals surface area contributed by atoms with Crippen LogP contribution in [0.2, 0.25) is 0 Å². The van der Waals surface area contributed by atoms with Gasteiger partial charge < -0.3 is 4.90 Å². The summed E-state index contributed by atoms with van der Waals surface area (Å²) < 4.78 is 52.5. The second kappa shape index (κ2) is 8.61. The minimum absolute atomic E-state index is 0.106. The van der Waals surface area contributed by atoms with E-state index in [-0.39, 0.29) is 28.4 Å². The number of alkyl halides is 3. The molecule has 1 atom stereocenters. The Hall–Kier alpha value is -2.60. The van der Waals surface area contributed by atoms with E-state index in [0.29, 0.717) is 5.56 Å². The number of aromatic nitrogens is 1. The SMILES string of the molecule is Cc1cc(C(F)(F)F)c(C#N)c(SCC(=O)N(C)C(C)c2ccc(F)cc2)n1. The third-order valence-corrected chi connectivity index (χ3v) is 5.15. The highest BCUT2D eigenvalue weighted by Gasteiger charge is 2.35. The summed E-state index contributed by atoms with van der Waals surface area (Å²) in [6, 6.07) is 7.68. The van der Waals surface area contributed by atoms with Crippen LogP contribution in [0.1, 0.15) is 35.3 Å². The van der Waals surface area contributed by atoms with Crippen molar-refractivity contribution in [2.24, 2.45) is 0 Å². The van der Waals surface area contributed by atoms with Crippen molar-refractivity contribution in [2.45, 2.75) is 31.1 Å². The smallest absolute Gasteiger partial charge is 0.338 e. The van der Waals surface area contributed by atoms with E-state index in [9.17, 15) is 22.4 Å². The third kappa shape index (κ3) is 5.01. The highest BCUT2D eigenvalue weighted by atomic mass is 32.2. The number of halogens is 4. The number of pyridine rings is 1. The molecule has 0 fully saturated rings. The first-order chi connectivity index (χ1) is 13.0. The average molecular weight is 411 g/mol. The Labute approximate surface area is 164 Å². The largest absolute Gasteiger partial charge is 0.417 e. The summed E-state index contributed by atoms with van der Waals surface area (Å²) in [5, 5.41) is 9.02. The molecule has 0 aliphatic rings. The fraction of sp³-hybridized carbons (Fsp3) is 0.316. The quantitative estimate of drug-likeness (QED) is 0.527. The van der Waals surface area contributed by atoms with Gasteiger partial charge in [0.05, 0.1) is 22.9 Å². The molecule has 0 saturated heterocycles. The Balaban J connectivity index is 2.17. The standard InChI is InChI=1S/C19H17F4N3OS/c1-11-8-16(19(21,22)23)15(9-24)18(25-11)28-10-17(27)26(3)12(2)13-4-6-14(20)7-5-13/h4-8,12H,10H2,1-3H3. The number of hydrogen-bond donors (Lipinski definition) is 0. The van der Waals surface area contributed by atoms with E-state index in [1.807, 2.05) is 0 Å². The second-order valence-corrected chi connectivity index (χ2v) is 7.09. The number of rotatable bonds is 5. The zero-order valence-corrected chi connectivity index (χ0v) is 16.2. The fourth-order valence-corrected chi connectivity index (χ4v) is 3.47. The maximum atomic E-state index is 13.2. The van der Waals surface area contributed by atoms with Gasteiger partial charge in [0, 0.05) is 12.7 Å². The summed E-state index contributed by atoms with van der Waals surface area (Å²) in [4.78, 5) is 17.9. The number of benzene rings is 1. The summed E-state index contributed by atoms with van der Waals surface area (Å²) in [6.45, 7) is 3.15. The van der Waals surface area contributed by atoms with Crippen molar-refractivity contribution in [3.8, 4) is 6.07 Å². The van der Waals surface area contributed by atoms with E-state index in [1.54, 1.807) is 32.2 Å². The monoisotopic (exact) mass is 411 g/mol. The topological polar surface area (TPSA) is 57.0 Å². The van der Waals surface area contributed by atoms with Gasteiger partial charge in [0.25, 0.3) is 0 Å². The first-order valence-electron chi connectivity index (χ1n) is 8.17. The lowest BCUT2D eigenvalue weighted by molar-refractivity contribution is -0.138. The van der Waals surface area contributed by atoms with Crippen LogP contribution in [-0.4, -0.2) is 28.6 Å². The van der Waals surface area contributed by atoms with Gasteiger partial charge in [-0.3, -0.25) is 4.79 Å². The van der Waals surface area contributed by atoms with Crippen molar-refractivity contribution in [1.82, 2.24) is 9.88 Å². The molecule has 0 bridgehead atoms. The van der Waals surface area contributed by atoms with Crippen molar-refractivity contribution in [1.29, 1.82) is 5.26 Å². The molecule has 1 aromatic heterocycles. The molecule has 1 unspecified atom stereocenters. The lowest BCUT2D eigenvalue weighted by atomic mass is 10.1. The van der Waals surface area contributed by atoms with E-state index in [2.05, 4.69) is 4.98 Å². The van der Waals surface area contributed by atoms with Crippen molar-refractivity contribution in [3.05, 3.63) is 58.5 Å². The molecule has 0 aliphatic heterocycles. The van der Waals surface area contributed by atoms with Gasteiger partial charge in [0.15, 0.2) is 0 Å². The first-order valence-corrected chi connectivity index (χ1v) is 9.16. The van der Waals surface area contributed by atoms with Gasteiger partial charge in [-0.2, -0.15) is 18.4 Å². The lowest BCUT2D eigenvalue weighted by Crippen LogP contribution is -2.31. The van der Waals surface area contributed by atoms with Crippen LogP contribution in [0.3, 0.4) is 0 Å². The van der Waals surface area contributed by atoms with Gasteiger partial charge in [-0.25, -0.2) is 9.37 Å². The van der Waals surface area contributed by atoms with E-state index in [1.165, 1.54) is 24.0 Å². The Morgan fingerprint density at radius 2 is 1.93 bits per heavy atom. The van der Waals surface area contributed by atoms with Crippen LogP contribution in [0, 0.1) is 24.1 Å². The molecular weight excluding hydrogens is 394 g/mol. The number of aryl methyl sites for hydroxylation is 1. The number of amides is 1. The molecule has 28 heavy (non-hydrogen) atoms. The maximum Gasteiger partial charge on any atom is 0.417 e. The summed E-state index contributed by atoms with van der Waals surface area (Å²) in [5.74, 6) is -0.942. The van der Waals surface area contributed by atoms with Crippen LogP contribution in [-0.2, 0) is 11.0 Å². The Kier molecular flexibility index (Phi) is 6.67. The van der Waals surface area contributed by atoms with Crippen molar-refractivity contribution < 1.29 is 22.4 Å². The molecule has 9 heteroatoms. The minimum atomic E-state index is -4.69. The Morgan fingerprint density at radius 3 is 2.46 bits per heavy atom. The molecule has 2 aromatic rings. The highest BCUT2D eigenvalue weighted by Crippen LogP contribution is 2.36. The normalized spacial score (nSPS) is 12.4. The Bertz CT molecular complexity index is 907. The third-order valence-electron chi connectivity index (χ3n) is 4.19. The molecule has 148 valence electrons. The molecule has 0 spiro atoms. The van der Waals surface area contributed by atoms with Crippen LogP contribution in [0.25, 0.3) is 0 Å². The van der Waals surface area contributed by atoms with Gasteiger partial charge in [0.2, 0.25) is 5.91 Å². The molecule has 0 N–H and O–H groups in total. The van der Waals surface area contributed by atoms with Gasteiger partial charge in [0.1, 0.15) is 16.9 Å². The second-order valence-electron chi connectivity index (χ2n) is 6.12. The van der Waals surface area contributed by atoms with Crippen molar-refractivity contribution in [3.63, 3.8) is 0 Å². The van der Waals surface area contributed by atoms with E-state index in [0.717, 1.165) is 17.8 Å². The number of carbonyl (C=O) groups is 1. The van der Waals surface area contributed by atoms with Crippen LogP contribution in [0.5, 0.6) is 0 Å². The van der Waals surface area contributed by atoms with E-state index < -0.39 is 23.1 Å². The number of hydrogen-bond acceptors (Lipinski definition) is 4. The molecule has 0 saturated carbocycles. The molecular formula is C19H17F4N3OS. The molecule has 1 heterocycles. The van der Waals surface area contributed by atoms with Crippen molar-refractivity contribution >= 4 is 17.7 Å². The maximum absolute atomic E-state index is 13.2. The number of nitriles is 1. The molecule has 2 rings (SSSR count). The molecule has 0 radical (unpaired) electrons. The lowest BCUT2D eigenvalue weighted by Gasteiger charge is -2.25. The van der Waals surface area contributed by atoms with Gasteiger partial charge >= 0.3 is 6.18 Å². The number of thioether (sulfide) groups is 1. The first kappa shape index (κ1) is 21.7. The van der Waals surface area contributed by atoms with Gasteiger partial charge in [-0.1, -0.05) is 23.9 Å². The summed E-state index contributed by atoms with van der Waals surface area (Å²) in [5.41, 5.74) is -0.835. The zero-order valence-electron chi connectivity index (χ0n) is 15.3. The predicted molar refractivity (Wildman–Crippen MR) is 97.0 cm³/mol. The van der Waals surface area contributed by atoms with Crippen molar-refractivity contribution in [2.75, 3.05) is 12.8 Å². The highest BCUT2D eigenvalue weighted by molar-refractivity contribution is 8.00. The van der Waals surface area contributed by atoms with E-state index >= 15 is 0 Å². The van der Waals surface area contributed by atoms with Crippen LogP contribution >= 0.6 is 11.8 Å². The molecule has 4 nitrogen and oxygen atoms in total. The molecule has 1 aromatic carbocycles. The van der Waals surface area contributed by atoms with Gasteiger partial charge in [-0.15, -0.1) is 0 Å².